The molecule has 2 aliphatic heterocycles. The molecule has 0 spiro atoms. The van der Waals surface area contributed by atoms with Gasteiger partial charge in [-0.15, -0.1) is 11.8 Å². The Kier molecular flexibility index (Phi) is 12.2. The highest BCUT2D eigenvalue weighted by molar-refractivity contribution is 8.00. The van der Waals surface area contributed by atoms with Gasteiger partial charge in [0.05, 0.1) is 6.61 Å². The lowest BCUT2D eigenvalue weighted by Crippen LogP contribution is -2.28. The number of aliphatic hydroxyl groups is 1. The van der Waals surface area contributed by atoms with E-state index in [1.165, 1.54) is 54.0 Å². The van der Waals surface area contributed by atoms with E-state index in [1.807, 2.05) is 18.2 Å². The van der Waals surface area contributed by atoms with Crippen molar-refractivity contribution in [1.29, 1.82) is 0 Å². The minimum absolute atomic E-state index is 0.0572. The molecule has 0 saturated carbocycles. The number of benzene rings is 1. The molecule has 0 radical (unpaired) electrons. The van der Waals surface area contributed by atoms with Gasteiger partial charge >= 0.3 is 5.69 Å². The number of ether oxygens (including phenoxy) is 3. The van der Waals surface area contributed by atoms with Crippen molar-refractivity contribution >= 4 is 28.4 Å². The summed E-state index contributed by atoms with van der Waals surface area (Å²) in [5.74, 6) is 3.27. The minimum Gasteiger partial charge on any atom is -0.454 e. The first-order chi connectivity index (χ1) is 17.9. The van der Waals surface area contributed by atoms with E-state index in [9.17, 15) is 9.00 Å². The maximum absolute atomic E-state index is 12.3. The zero-order chi connectivity index (χ0) is 26.6. The number of hydrogen-bond acceptors (Lipinski definition) is 9. The molecule has 9 nitrogen and oxygen atoms in total. The van der Waals surface area contributed by atoms with E-state index < -0.39 is 16.5 Å². The van der Waals surface area contributed by atoms with E-state index >= 15 is 0 Å². The number of rotatable bonds is 12. The second-order valence-electron chi connectivity index (χ2n) is 9.13. The Morgan fingerprint density at radius 1 is 1.19 bits per heavy atom. The molecule has 206 valence electrons. The molecule has 1 saturated heterocycles. The zero-order valence-electron chi connectivity index (χ0n) is 21.7. The highest BCUT2D eigenvalue weighted by atomic mass is 32.2. The van der Waals surface area contributed by atoms with Gasteiger partial charge in [0.2, 0.25) is 6.79 Å². The SMILES string of the molecule is CCCCCCCCS(=O)C(C)Cc1ccc2c(c1)OCO2.Nc1ccn([C@H]2CS[C@@H](CO)O2)c(=O)n1. The summed E-state index contributed by atoms with van der Waals surface area (Å²) in [6.07, 6.45) is 9.51. The quantitative estimate of drug-likeness (QED) is 0.377. The lowest BCUT2D eigenvalue weighted by Gasteiger charge is -2.13. The molecule has 2 unspecified atom stereocenters. The molecule has 3 N–H and O–H groups in total. The van der Waals surface area contributed by atoms with Crippen LogP contribution in [0, 0.1) is 0 Å². The van der Waals surface area contributed by atoms with Crippen LogP contribution in [-0.2, 0) is 22.0 Å². The van der Waals surface area contributed by atoms with Crippen molar-refractivity contribution in [2.75, 3.05) is 30.6 Å². The molecule has 1 aromatic carbocycles. The second-order valence-corrected chi connectivity index (χ2v) is 12.3. The summed E-state index contributed by atoms with van der Waals surface area (Å²) in [7, 11) is -0.743. The van der Waals surface area contributed by atoms with Crippen molar-refractivity contribution in [3.05, 3.63) is 46.5 Å². The fourth-order valence-electron chi connectivity index (χ4n) is 4.05. The van der Waals surface area contributed by atoms with Crippen LogP contribution in [0.1, 0.15) is 64.2 Å². The van der Waals surface area contributed by atoms with Crippen molar-refractivity contribution in [3.63, 3.8) is 0 Å². The molecule has 4 atom stereocenters. The van der Waals surface area contributed by atoms with Crippen LogP contribution in [0.15, 0.2) is 35.3 Å². The molecule has 2 aliphatic rings. The van der Waals surface area contributed by atoms with Crippen molar-refractivity contribution in [2.24, 2.45) is 0 Å². The van der Waals surface area contributed by atoms with Crippen LogP contribution in [0.2, 0.25) is 0 Å². The average molecular weight is 554 g/mol. The van der Waals surface area contributed by atoms with Crippen molar-refractivity contribution < 1.29 is 23.5 Å². The number of aromatic nitrogens is 2. The van der Waals surface area contributed by atoms with Gasteiger partial charge in [0, 0.05) is 33.8 Å². The second kappa shape index (κ2) is 15.4. The van der Waals surface area contributed by atoms with E-state index in [0.29, 0.717) is 12.5 Å². The fourth-order valence-corrected chi connectivity index (χ4v) is 6.25. The molecule has 2 aromatic rings. The third-order valence-corrected chi connectivity index (χ3v) is 9.02. The lowest BCUT2D eigenvalue weighted by molar-refractivity contribution is -0.00629. The standard InChI is InChI=1S/C18H28O3S.C8H11N3O3S/c1-3-4-5-6-7-8-11-22(19)15(2)12-16-9-10-17-18(13-16)21-14-20-17;9-5-1-2-11(8(13)10-5)6-4-15-7(3-12)14-6/h9-10,13,15H,3-8,11-12,14H2,1-2H3;1-2,6-7,12H,3-4H2,(H2,9,10,13)/t;6-,7+/m.1/s1. The Balaban J connectivity index is 0.000000220. The normalized spacial score (nSPS) is 19.8. The van der Waals surface area contributed by atoms with Gasteiger partial charge in [0.25, 0.3) is 0 Å². The number of thioether (sulfide) groups is 1. The first kappa shape index (κ1) is 29.5. The first-order valence-electron chi connectivity index (χ1n) is 12.9. The number of aliphatic hydroxyl groups excluding tert-OH is 1. The fraction of sp³-hybridized carbons (Fsp3) is 0.615. The summed E-state index contributed by atoms with van der Waals surface area (Å²) in [4.78, 5) is 15.0. The monoisotopic (exact) mass is 553 g/mol. The largest absolute Gasteiger partial charge is 0.454 e. The molecule has 0 amide bonds. The van der Waals surface area contributed by atoms with Crippen molar-refractivity contribution in [3.8, 4) is 11.5 Å². The molecule has 1 fully saturated rings. The van der Waals surface area contributed by atoms with Crippen LogP contribution in [0.4, 0.5) is 5.82 Å². The Morgan fingerprint density at radius 2 is 1.95 bits per heavy atom. The van der Waals surface area contributed by atoms with Gasteiger partial charge in [0.1, 0.15) is 17.5 Å². The maximum atomic E-state index is 12.3. The highest BCUT2D eigenvalue weighted by Crippen LogP contribution is 2.33. The number of fused-ring (bicyclic) bond motifs is 1. The van der Waals surface area contributed by atoms with Gasteiger partial charge in [-0.2, -0.15) is 4.98 Å². The summed E-state index contributed by atoms with van der Waals surface area (Å²) >= 11 is 1.47. The number of anilines is 1. The predicted octanol–water partition coefficient (Wildman–Crippen LogP) is 3.86. The molecule has 37 heavy (non-hydrogen) atoms. The van der Waals surface area contributed by atoms with Crippen LogP contribution in [0.25, 0.3) is 0 Å². The van der Waals surface area contributed by atoms with E-state index in [1.54, 1.807) is 12.3 Å². The minimum atomic E-state index is -0.743. The molecular weight excluding hydrogens is 514 g/mol. The Bertz CT molecular complexity index is 1070. The van der Waals surface area contributed by atoms with E-state index in [0.717, 1.165) is 30.1 Å². The zero-order valence-corrected chi connectivity index (χ0v) is 23.3. The molecular formula is C26H39N3O6S2. The maximum Gasteiger partial charge on any atom is 0.351 e. The van der Waals surface area contributed by atoms with Crippen molar-refractivity contribution in [1.82, 2.24) is 9.55 Å². The van der Waals surface area contributed by atoms with Crippen LogP contribution in [-0.4, -0.2) is 54.5 Å². The van der Waals surface area contributed by atoms with Crippen LogP contribution >= 0.6 is 11.8 Å². The average Bonchev–Trinajstić information content (AvgIpc) is 3.55. The molecule has 0 bridgehead atoms. The summed E-state index contributed by atoms with van der Waals surface area (Å²) in [5, 5.41) is 9.07. The number of nitrogens with zero attached hydrogens (tertiary/aromatic N) is 2. The van der Waals surface area contributed by atoms with Gasteiger partial charge < -0.3 is 25.1 Å². The molecule has 0 aliphatic carbocycles. The summed E-state index contributed by atoms with van der Waals surface area (Å²) in [6.45, 7) is 4.56. The predicted molar refractivity (Wildman–Crippen MR) is 148 cm³/mol. The number of unbranched alkanes of at least 4 members (excludes halogenated alkanes) is 5. The van der Waals surface area contributed by atoms with Crippen LogP contribution in [0.5, 0.6) is 11.5 Å². The Hall–Kier alpha value is -2.08. The van der Waals surface area contributed by atoms with Crippen LogP contribution < -0.4 is 20.9 Å². The smallest absolute Gasteiger partial charge is 0.351 e. The summed E-state index contributed by atoms with van der Waals surface area (Å²) in [6, 6.07) is 7.55. The first-order valence-corrected chi connectivity index (χ1v) is 15.3. The van der Waals surface area contributed by atoms with Gasteiger partial charge in [-0.25, -0.2) is 4.79 Å². The molecule has 4 rings (SSSR count). The van der Waals surface area contributed by atoms with E-state index in [2.05, 4.69) is 18.8 Å². The van der Waals surface area contributed by atoms with Gasteiger partial charge in [-0.3, -0.25) is 8.78 Å². The number of hydrogen-bond donors (Lipinski definition) is 2. The van der Waals surface area contributed by atoms with Gasteiger partial charge in [0.15, 0.2) is 11.5 Å². The molecule has 1 aromatic heterocycles. The van der Waals surface area contributed by atoms with Gasteiger partial charge in [-0.1, -0.05) is 52.0 Å². The van der Waals surface area contributed by atoms with Crippen molar-refractivity contribution in [2.45, 2.75) is 75.7 Å². The summed E-state index contributed by atoms with van der Waals surface area (Å²) < 4.78 is 29.8. The Morgan fingerprint density at radius 3 is 2.68 bits per heavy atom. The Labute approximate surface area is 225 Å². The molecule has 3 heterocycles. The van der Waals surface area contributed by atoms with Crippen LogP contribution in [0.3, 0.4) is 0 Å². The third-order valence-electron chi connectivity index (χ3n) is 6.15. The third kappa shape index (κ3) is 9.31. The van der Waals surface area contributed by atoms with Gasteiger partial charge in [-0.05, 0) is 36.6 Å². The number of nitrogen functional groups attached to an aromatic ring is 1. The van der Waals surface area contributed by atoms with E-state index in [4.69, 9.17) is 25.1 Å². The number of nitrogens with two attached hydrogens (primary N) is 1. The lowest BCUT2D eigenvalue weighted by atomic mass is 10.1. The molecule has 11 heteroatoms. The van der Waals surface area contributed by atoms with E-state index in [-0.39, 0.29) is 29.3 Å². The highest BCUT2D eigenvalue weighted by Gasteiger charge is 2.27. The summed E-state index contributed by atoms with van der Waals surface area (Å²) in [5.41, 5.74) is 5.85. The topological polar surface area (TPSA) is 126 Å².